The lowest BCUT2D eigenvalue weighted by Gasteiger charge is -2.20. The summed E-state index contributed by atoms with van der Waals surface area (Å²) in [6.45, 7) is 1.71. The number of rotatable bonds is 6. The molecule has 0 bridgehead atoms. The molecule has 8 heteroatoms. The van der Waals surface area contributed by atoms with Gasteiger partial charge in [-0.15, -0.1) is 0 Å². The Hall–Kier alpha value is -1.28. The molecule has 0 aliphatic heterocycles. The Balaban J connectivity index is 2.98. The third kappa shape index (κ3) is 4.38. The van der Waals surface area contributed by atoms with Gasteiger partial charge < -0.3 is 5.32 Å². The Bertz CT molecular complexity index is 544. The van der Waals surface area contributed by atoms with Crippen LogP contribution in [0.5, 0.6) is 0 Å². The van der Waals surface area contributed by atoms with Crippen LogP contribution in [0.4, 0.5) is 18.9 Å². The molecule has 114 valence electrons. The van der Waals surface area contributed by atoms with Crippen molar-refractivity contribution in [3.63, 3.8) is 0 Å². The van der Waals surface area contributed by atoms with Gasteiger partial charge >= 0.3 is 6.18 Å². The van der Waals surface area contributed by atoms with Crippen molar-refractivity contribution in [2.45, 2.75) is 24.4 Å². The van der Waals surface area contributed by atoms with E-state index in [-0.39, 0.29) is 4.90 Å². The second-order valence-electron chi connectivity index (χ2n) is 4.22. The number of benzene rings is 1. The van der Waals surface area contributed by atoms with E-state index in [0.717, 1.165) is 11.4 Å². The Kier molecular flexibility index (Phi) is 5.41. The van der Waals surface area contributed by atoms with Crippen LogP contribution in [0.1, 0.15) is 13.3 Å². The average molecular weight is 310 g/mol. The van der Waals surface area contributed by atoms with E-state index in [1.165, 1.54) is 12.1 Å². The SMILES string of the molecule is CCNc1ccccc1S(=O)(=O)N(C)CCC(F)(F)F. The summed E-state index contributed by atoms with van der Waals surface area (Å²) in [6, 6.07) is 6.14. The van der Waals surface area contributed by atoms with E-state index in [4.69, 9.17) is 0 Å². The van der Waals surface area contributed by atoms with Gasteiger partial charge in [0.15, 0.2) is 0 Å². The molecule has 0 aliphatic carbocycles. The summed E-state index contributed by atoms with van der Waals surface area (Å²) >= 11 is 0. The van der Waals surface area contributed by atoms with E-state index in [1.807, 2.05) is 0 Å². The number of alkyl halides is 3. The van der Waals surface area contributed by atoms with Gasteiger partial charge in [-0.25, -0.2) is 12.7 Å². The zero-order chi connectivity index (χ0) is 15.4. The third-order valence-corrected chi connectivity index (χ3v) is 4.57. The molecule has 0 saturated carbocycles. The van der Waals surface area contributed by atoms with Crippen molar-refractivity contribution in [3.05, 3.63) is 24.3 Å². The Morgan fingerprint density at radius 2 is 1.85 bits per heavy atom. The number of hydrogen-bond donors (Lipinski definition) is 1. The van der Waals surface area contributed by atoms with E-state index in [2.05, 4.69) is 5.32 Å². The topological polar surface area (TPSA) is 49.4 Å². The highest BCUT2D eigenvalue weighted by molar-refractivity contribution is 7.89. The molecule has 0 atom stereocenters. The maximum absolute atomic E-state index is 12.3. The molecule has 4 nitrogen and oxygen atoms in total. The molecule has 0 saturated heterocycles. The lowest BCUT2D eigenvalue weighted by Crippen LogP contribution is -2.31. The fraction of sp³-hybridized carbons (Fsp3) is 0.500. The average Bonchev–Trinajstić information content (AvgIpc) is 2.36. The summed E-state index contributed by atoms with van der Waals surface area (Å²) in [4.78, 5) is -0.0217. The van der Waals surface area contributed by atoms with Crippen LogP contribution in [-0.2, 0) is 10.0 Å². The first-order chi connectivity index (χ1) is 9.18. The lowest BCUT2D eigenvalue weighted by molar-refractivity contribution is -0.135. The maximum Gasteiger partial charge on any atom is 0.390 e. The summed E-state index contributed by atoms with van der Waals surface area (Å²) in [5, 5.41) is 2.88. The van der Waals surface area contributed by atoms with Crippen molar-refractivity contribution >= 4 is 15.7 Å². The molecule has 1 aromatic rings. The molecule has 0 aliphatic rings. The number of nitrogens with zero attached hydrogens (tertiary/aromatic N) is 1. The molecule has 0 unspecified atom stereocenters. The van der Waals surface area contributed by atoms with Crippen LogP contribution in [0.2, 0.25) is 0 Å². The van der Waals surface area contributed by atoms with E-state index in [9.17, 15) is 21.6 Å². The van der Waals surface area contributed by atoms with Gasteiger partial charge in [0.05, 0.1) is 12.1 Å². The predicted octanol–water partition coefficient (Wildman–Crippen LogP) is 2.69. The Morgan fingerprint density at radius 3 is 2.40 bits per heavy atom. The molecule has 1 aromatic carbocycles. The zero-order valence-corrected chi connectivity index (χ0v) is 12.1. The smallest absolute Gasteiger partial charge is 0.384 e. The minimum absolute atomic E-state index is 0.0217. The summed E-state index contributed by atoms with van der Waals surface area (Å²) in [6.07, 6.45) is -5.56. The lowest BCUT2D eigenvalue weighted by atomic mass is 10.3. The van der Waals surface area contributed by atoms with Gasteiger partial charge in [-0.1, -0.05) is 12.1 Å². The van der Waals surface area contributed by atoms with Crippen LogP contribution < -0.4 is 5.32 Å². The first-order valence-corrected chi connectivity index (χ1v) is 7.48. The normalized spacial score (nSPS) is 12.7. The van der Waals surface area contributed by atoms with E-state index in [1.54, 1.807) is 19.1 Å². The number of sulfonamides is 1. The quantitative estimate of drug-likeness (QED) is 0.879. The van der Waals surface area contributed by atoms with Gasteiger partial charge in [0, 0.05) is 20.1 Å². The molecule has 1 N–H and O–H groups in total. The van der Waals surface area contributed by atoms with E-state index in [0.29, 0.717) is 12.2 Å². The van der Waals surface area contributed by atoms with Crippen molar-refractivity contribution in [1.29, 1.82) is 0 Å². The number of hydrogen-bond acceptors (Lipinski definition) is 3. The van der Waals surface area contributed by atoms with Crippen molar-refractivity contribution in [3.8, 4) is 0 Å². The number of halogens is 3. The molecule has 0 fully saturated rings. The van der Waals surface area contributed by atoms with Gasteiger partial charge in [0.25, 0.3) is 0 Å². The van der Waals surface area contributed by atoms with Gasteiger partial charge in [-0.3, -0.25) is 0 Å². The number of para-hydroxylation sites is 1. The second-order valence-corrected chi connectivity index (χ2v) is 6.23. The van der Waals surface area contributed by atoms with Crippen LogP contribution in [-0.4, -0.2) is 39.0 Å². The molecule has 0 spiro atoms. The Morgan fingerprint density at radius 1 is 1.25 bits per heavy atom. The van der Waals surface area contributed by atoms with Crippen LogP contribution >= 0.6 is 0 Å². The molecule has 0 radical (unpaired) electrons. The van der Waals surface area contributed by atoms with Gasteiger partial charge in [0.2, 0.25) is 10.0 Å². The van der Waals surface area contributed by atoms with E-state index >= 15 is 0 Å². The summed E-state index contributed by atoms with van der Waals surface area (Å²) in [5.74, 6) is 0. The fourth-order valence-corrected chi connectivity index (χ4v) is 2.94. The van der Waals surface area contributed by atoms with Gasteiger partial charge in [-0.2, -0.15) is 13.2 Å². The van der Waals surface area contributed by atoms with Gasteiger partial charge in [0.1, 0.15) is 4.90 Å². The Labute approximate surface area is 116 Å². The van der Waals surface area contributed by atoms with Crippen molar-refractivity contribution < 1.29 is 21.6 Å². The highest BCUT2D eigenvalue weighted by Gasteiger charge is 2.31. The highest BCUT2D eigenvalue weighted by Crippen LogP contribution is 2.25. The molecular weight excluding hydrogens is 293 g/mol. The summed E-state index contributed by atoms with van der Waals surface area (Å²) < 4.78 is 61.8. The molecule has 0 aromatic heterocycles. The molecule has 0 amide bonds. The summed E-state index contributed by atoms with van der Waals surface area (Å²) in [7, 11) is -2.80. The van der Waals surface area contributed by atoms with Crippen LogP contribution in [0.25, 0.3) is 0 Å². The molecule has 0 heterocycles. The maximum atomic E-state index is 12.3. The standard InChI is InChI=1S/C12H17F3N2O2S/c1-3-16-10-6-4-5-7-11(10)20(18,19)17(2)9-8-12(13,14)15/h4-7,16H,3,8-9H2,1-2H3. The molecule has 1 rings (SSSR count). The third-order valence-electron chi connectivity index (χ3n) is 2.65. The van der Waals surface area contributed by atoms with Crippen molar-refractivity contribution in [1.82, 2.24) is 4.31 Å². The first kappa shape index (κ1) is 16.8. The predicted molar refractivity (Wildman–Crippen MR) is 71.1 cm³/mol. The first-order valence-electron chi connectivity index (χ1n) is 6.04. The highest BCUT2D eigenvalue weighted by atomic mass is 32.2. The summed E-state index contributed by atoms with van der Waals surface area (Å²) in [5.41, 5.74) is 0.383. The molecular formula is C12H17F3N2O2S. The van der Waals surface area contributed by atoms with Crippen molar-refractivity contribution in [2.75, 3.05) is 25.5 Å². The largest absolute Gasteiger partial charge is 0.390 e. The molecule has 20 heavy (non-hydrogen) atoms. The van der Waals surface area contributed by atoms with Crippen molar-refractivity contribution in [2.24, 2.45) is 0 Å². The minimum Gasteiger partial charge on any atom is -0.384 e. The number of anilines is 1. The second kappa shape index (κ2) is 6.45. The van der Waals surface area contributed by atoms with Crippen LogP contribution in [0, 0.1) is 0 Å². The van der Waals surface area contributed by atoms with Crippen LogP contribution in [0.15, 0.2) is 29.2 Å². The minimum atomic E-state index is -4.38. The fourth-order valence-electron chi connectivity index (χ4n) is 1.60. The van der Waals surface area contributed by atoms with Gasteiger partial charge in [-0.05, 0) is 19.1 Å². The van der Waals surface area contributed by atoms with Crippen LogP contribution in [0.3, 0.4) is 0 Å². The monoisotopic (exact) mass is 310 g/mol. The number of nitrogens with one attached hydrogen (secondary N) is 1. The van der Waals surface area contributed by atoms with E-state index < -0.39 is 29.2 Å². The zero-order valence-electron chi connectivity index (χ0n) is 11.2.